The Morgan fingerprint density at radius 1 is 1.32 bits per heavy atom. The average molecular weight is 321 g/mol. The number of carbonyl (C=O) groups is 1. The highest BCUT2D eigenvalue weighted by Gasteiger charge is 2.18. The summed E-state index contributed by atoms with van der Waals surface area (Å²) in [6.45, 7) is 7.54. The monoisotopic (exact) mass is 320 g/mol. The van der Waals surface area contributed by atoms with Crippen molar-refractivity contribution in [3.63, 3.8) is 0 Å². The fraction of sp³-hybridized carbons (Fsp3) is 0.375. The molecule has 0 spiro atoms. The number of carbonyl (C=O) groups excluding carboxylic acids is 1. The van der Waals surface area contributed by atoms with E-state index in [4.69, 9.17) is 11.6 Å². The molecule has 1 unspecified atom stereocenters. The minimum atomic E-state index is -0.392. The van der Waals surface area contributed by atoms with Crippen molar-refractivity contribution in [1.29, 1.82) is 0 Å². The summed E-state index contributed by atoms with van der Waals surface area (Å²) in [5.74, 6) is -0.112. The molecule has 1 heterocycles. The van der Waals surface area contributed by atoms with Crippen LogP contribution in [0.1, 0.15) is 23.9 Å². The van der Waals surface area contributed by atoms with Crippen LogP contribution in [0.2, 0.25) is 5.02 Å². The number of anilines is 2. The normalized spacial score (nSPS) is 12.1. The predicted molar refractivity (Wildman–Crippen MR) is 90.6 cm³/mol. The molecule has 5 nitrogen and oxygen atoms in total. The van der Waals surface area contributed by atoms with Gasteiger partial charge in [0.2, 0.25) is 5.91 Å². The topological polar surface area (TPSA) is 59.0 Å². The second-order valence-corrected chi connectivity index (χ2v) is 5.84. The van der Waals surface area contributed by atoms with Gasteiger partial charge >= 0.3 is 0 Å². The molecule has 0 bridgehead atoms. The molecule has 118 valence electrons. The molecule has 0 aliphatic heterocycles. The summed E-state index contributed by atoms with van der Waals surface area (Å²) >= 11 is 6.10. The van der Waals surface area contributed by atoms with Gasteiger partial charge in [-0.3, -0.25) is 9.48 Å². The van der Waals surface area contributed by atoms with Crippen molar-refractivity contribution in [2.75, 3.05) is 10.6 Å². The minimum Gasteiger partial charge on any atom is -0.374 e. The summed E-state index contributed by atoms with van der Waals surface area (Å²) in [6.07, 6.45) is 0. The maximum absolute atomic E-state index is 12.4. The molecule has 2 aromatic rings. The van der Waals surface area contributed by atoms with Crippen LogP contribution in [0.4, 0.5) is 11.4 Å². The van der Waals surface area contributed by atoms with Crippen molar-refractivity contribution in [1.82, 2.24) is 9.78 Å². The van der Waals surface area contributed by atoms with Gasteiger partial charge in [-0.05, 0) is 45.4 Å². The van der Waals surface area contributed by atoms with Crippen LogP contribution in [0, 0.1) is 20.8 Å². The summed E-state index contributed by atoms with van der Waals surface area (Å²) in [4.78, 5) is 12.4. The third-order valence-electron chi connectivity index (χ3n) is 3.79. The van der Waals surface area contributed by atoms with E-state index in [0.29, 0.717) is 5.02 Å². The van der Waals surface area contributed by atoms with Crippen molar-refractivity contribution >= 4 is 28.9 Å². The number of nitrogens with one attached hydrogen (secondary N) is 2. The Bertz CT molecular complexity index is 708. The molecular weight excluding hydrogens is 300 g/mol. The van der Waals surface area contributed by atoms with Crippen LogP contribution in [0.15, 0.2) is 18.2 Å². The van der Waals surface area contributed by atoms with E-state index in [1.165, 1.54) is 0 Å². The zero-order chi connectivity index (χ0) is 16.4. The molecule has 2 N–H and O–H groups in total. The third-order valence-corrected chi connectivity index (χ3v) is 4.20. The molecule has 0 saturated carbocycles. The minimum absolute atomic E-state index is 0.112. The van der Waals surface area contributed by atoms with Gasteiger partial charge in [0, 0.05) is 17.8 Å². The van der Waals surface area contributed by atoms with Crippen molar-refractivity contribution in [3.8, 4) is 0 Å². The van der Waals surface area contributed by atoms with Crippen molar-refractivity contribution in [3.05, 3.63) is 40.2 Å². The zero-order valence-corrected chi connectivity index (χ0v) is 14.2. The number of amides is 1. The average Bonchev–Trinajstić information content (AvgIpc) is 2.70. The van der Waals surface area contributed by atoms with E-state index in [1.54, 1.807) is 4.68 Å². The molecule has 1 amide bonds. The van der Waals surface area contributed by atoms with E-state index in [-0.39, 0.29) is 5.91 Å². The molecule has 22 heavy (non-hydrogen) atoms. The number of aromatic nitrogens is 2. The van der Waals surface area contributed by atoms with Gasteiger partial charge in [-0.1, -0.05) is 17.7 Å². The Kier molecular flexibility index (Phi) is 4.76. The number of halogens is 1. The Labute approximate surface area is 135 Å². The Morgan fingerprint density at radius 2 is 2.00 bits per heavy atom. The molecule has 0 aliphatic carbocycles. The molecule has 1 aromatic heterocycles. The Morgan fingerprint density at radius 3 is 2.59 bits per heavy atom. The van der Waals surface area contributed by atoms with Gasteiger partial charge in [0.25, 0.3) is 0 Å². The highest BCUT2D eigenvalue weighted by atomic mass is 35.5. The fourth-order valence-corrected chi connectivity index (χ4v) is 2.42. The van der Waals surface area contributed by atoms with Gasteiger partial charge in [0.15, 0.2) is 0 Å². The first-order chi connectivity index (χ1) is 10.3. The highest BCUT2D eigenvalue weighted by Crippen LogP contribution is 2.24. The summed E-state index contributed by atoms with van der Waals surface area (Å²) in [7, 11) is 1.86. The number of hydrogen-bond acceptors (Lipinski definition) is 3. The SMILES string of the molecule is Cc1nn(C)c(C)c1NC(=O)C(C)Nc1cccc(Cl)c1C. The number of hydrogen-bond donors (Lipinski definition) is 2. The largest absolute Gasteiger partial charge is 0.374 e. The van der Waals surface area contributed by atoms with Crippen molar-refractivity contribution in [2.45, 2.75) is 33.7 Å². The lowest BCUT2D eigenvalue weighted by molar-refractivity contribution is -0.116. The summed E-state index contributed by atoms with van der Waals surface area (Å²) in [5.41, 5.74) is 4.28. The lowest BCUT2D eigenvalue weighted by atomic mass is 10.1. The molecule has 0 fully saturated rings. The molecule has 0 saturated heterocycles. The van der Waals surface area contributed by atoms with Crippen LogP contribution < -0.4 is 10.6 Å². The Balaban J connectivity index is 2.11. The first-order valence-electron chi connectivity index (χ1n) is 7.14. The van der Waals surface area contributed by atoms with Crippen LogP contribution in [0.5, 0.6) is 0 Å². The molecular formula is C16H21ClN4O. The standard InChI is InChI=1S/C16H21ClN4O/c1-9-13(17)7-6-8-14(9)18-11(3)16(22)19-15-10(2)20-21(5)12(15)4/h6-8,11,18H,1-5H3,(H,19,22). The molecule has 6 heteroatoms. The van der Waals surface area contributed by atoms with Crippen LogP contribution >= 0.6 is 11.6 Å². The number of rotatable bonds is 4. The van der Waals surface area contributed by atoms with Crippen LogP contribution in [-0.2, 0) is 11.8 Å². The second kappa shape index (κ2) is 6.40. The van der Waals surface area contributed by atoms with E-state index in [2.05, 4.69) is 15.7 Å². The first kappa shape index (κ1) is 16.4. The number of benzene rings is 1. The van der Waals surface area contributed by atoms with Crippen molar-refractivity contribution in [2.24, 2.45) is 7.05 Å². The third kappa shape index (κ3) is 3.25. The lowest BCUT2D eigenvalue weighted by Gasteiger charge is -2.17. The fourth-order valence-electron chi connectivity index (χ4n) is 2.25. The molecule has 1 atom stereocenters. The van der Waals surface area contributed by atoms with Crippen LogP contribution in [-0.4, -0.2) is 21.7 Å². The first-order valence-corrected chi connectivity index (χ1v) is 7.51. The predicted octanol–water partition coefficient (Wildman–Crippen LogP) is 3.44. The smallest absolute Gasteiger partial charge is 0.246 e. The van der Waals surface area contributed by atoms with Crippen LogP contribution in [0.25, 0.3) is 0 Å². The summed E-state index contributed by atoms with van der Waals surface area (Å²) in [5, 5.41) is 11.1. The van der Waals surface area contributed by atoms with E-state index in [1.807, 2.05) is 52.9 Å². The van der Waals surface area contributed by atoms with Gasteiger partial charge in [-0.15, -0.1) is 0 Å². The Hall–Kier alpha value is -2.01. The second-order valence-electron chi connectivity index (χ2n) is 5.44. The number of nitrogens with zero attached hydrogens (tertiary/aromatic N) is 2. The lowest BCUT2D eigenvalue weighted by Crippen LogP contribution is -2.32. The van der Waals surface area contributed by atoms with E-state index in [9.17, 15) is 4.79 Å². The van der Waals surface area contributed by atoms with Gasteiger partial charge in [-0.2, -0.15) is 5.10 Å². The van der Waals surface area contributed by atoms with Gasteiger partial charge in [0.1, 0.15) is 6.04 Å². The van der Waals surface area contributed by atoms with Gasteiger partial charge in [-0.25, -0.2) is 0 Å². The summed E-state index contributed by atoms with van der Waals surface area (Å²) < 4.78 is 1.75. The van der Waals surface area contributed by atoms with Gasteiger partial charge in [0.05, 0.1) is 17.1 Å². The molecule has 2 rings (SSSR count). The van der Waals surface area contributed by atoms with Crippen molar-refractivity contribution < 1.29 is 4.79 Å². The van der Waals surface area contributed by atoms with Gasteiger partial charge < -0.3 is 10.6 Å². The zero-order valence-electron chi connectivity index (χ0n) is 13.5. The summed E-state index contributed by atoms with van der Waals surface area (Å²) in [6, 6.07) is 5.20. The quantitative estimate of drug-likeness (QED) is 0.907. The molecule has 0 radical (unpaired) electrons. The highest BCUT2D eigenvalue weighted by molar-refractivity contribution is 6.31. The maximum Gasteiger partial charge on any atom is 0.246 e. The maximum atomic E-state index is 12.4. The molecule has 0 aliphatic rings. The van der Waals surface area contributed by atoms with E-state index >= 15 is 0 Å². The molecule has 1 aromatic carbocycles. The van der Waals surface area contributed by atoms with E-state index < -0.39 is 6.04 Å². The van der Waals surface area contributed by atoms with Crippen LogP contribution in [0.3, 0.4) is 0 Å². The number of aryl methyl sites for hydroxylation is 2. The van der Waals surface area contributed by atoms with E-state index in [0.717, 1.165) is 28.3 Å².